The lowest BCUT2D eigenvalue weighted by Crippen LogP contribution is -2.03. The van der Waals surface area contributed by atoms with Gasteiger partial charge in [0.2, 0.25) is 0 Å². The third-order valence-corrected chi connectivity index (χ3v) is 6.18. The quantitative estimate of drug-likeness (QED) is 0.381. The normalized spacial score (nSPS) is 11.2. The van der Waals surface area contributed by atoms with Gasteiger partial charge < -0.3 is 14.2 Å². The van der Waals surface area contributed by atoms with E-state index in [0.29, 0.717) is 22.9 Å². The maximum absolute atomic E-state index is 11.8. The van der Waals surface area contributed by atoms with Crippen LogP contribution < -0.4 is 14.2 Å². The number of methoxy groups -OCH3 is 2. The predicted octanol–water partition coefficient (Wildman–Crippen LogP) is 4.54. The largest absolute Gasteiger partial charge is 0.496 e. The smallest absolute Gasteiger partial charge is 0.175 e. The van der Waals surface area contributed by atoms with E-state index in [1.54, 1.807) is 61.4 Å². The highest BCUT2D eigenvalue weighted by Gasteiger charge is 2.14. The highest BCUT2D eigenvalue weighted by Crippen LogP contribution is 2.29. The van der Waals surface area contributed by atoms with Gasteiger partial charge >= 0.3 is 0 Å². The topological polar surface area (TPSA) is 79.7 Å². The molecule has 0 unspecified atom stereocenters. The number of sulfone groups is 1. The zero-order chi connectivity index (χ0) is 23.4. The molecule has 0 N–H and O–H groups in total. The molecule has 7 nitrogen and oxygen atoms in total. The third kappa shape index (κ3) is 5.18. The van der Waals surface area contributed by atoms with Crippen molar-refractivity contribution < 1.29 is 22.6 Å². The Morgan fingerprint density at radius 2 is 1.42 bits per heavy atom. The Morgan fingerprint density at radius 3 is 2.00 bits per heavy atom. The van der Waals surface area contributed by atoms with E-state index in [0.717, 1.165) is 16.9 Å². The molecule has 1 aromatic heterocycles. The van der Waals surface area contributed by atoms with Crippen LogP contribution in [0.4, 0.5) is 0 Å². The van der Waals surface area contributed by atoms with E-state index in [-0.39, 0.29) is 11.5 Å². The molecule has 0 spiro atoms. The predicted molar refractivity (Wildman–Crippen MR) is 126 cm³/mol. The van der Waals surface area contributed by atoms with Crippen LogP contribution in [0.2, 0.25) is 0 Å². The molecule has 0 aliphatic carbocycles. The van der Waals surface area contributed by atoms with E-state index < -0.39 is 9.84 Å². The first-order chi connectivity index (χ1) is 15.9. The summed E-state index contributed by atoms with van der Waals surface area (Å²) >= 11 is 0. The Balaban J connectivity index is 1.67. The second-order valence-corrected chi connectivity index (χ2v) is 9.42. The van der Waals surface area contributed by atoms with E-state index in [2.05, 4.69) is 0 Å². The number of hydrogen-bond donors (Lipinski definition) is 0. The maximum Gasteiger partial charge on any atom is 0.175 e. The van der Waals surface area contributed by atoms with E-state index in [4.69, 9.17) is 19.3 Å². The second kappa shape index (κ2) is 9.38. The second-order valence-electron chi connectivity index (χ2n) is 7.40. The molecule has 0 bridgehead atoms. The Kier molecular flexibility index (Phi) is 6.37. The molecule has 0 aliphatic heterocycles. The molecule has 1 heterocycles. The van der Waals surface area contributed by atoms with Crippen molar-refractivity contribution in [1.29, 1.82) is 0 Å². The van der Waals surface area contributed by atoms with Crippen LogP contribution in [-0.4, -0.2) is 38.7 Å². The van der Waals surface area contributed by atoms with E-state index in [1.807, 2.05) is 36.4 Å². The summed E-state index contributed by atoms with van der Waals surface area (Å²) in [5.41, 5.74) is 3.30. The first-order valence-corrected chi connectivity index (χ1v) is 12.1. The molecule has 0 aliphatic rings. The van der Waals surface area contributed by atoms with Gasteiger partial charge in [0.25, 0.3) is 0 Å². The number of rotatable bonds is 8. The van der Waals surface area contributed by atoms with Gasteiger partial charge in [0, 0.05) is 30.0 Å². The highest BCUT2D eigenvalue weighted by atomic mass is 32.2. The number of nitrogens with zero attached hydrogens (tertiary/aromatic N) is 2. The van der Waals surface area contributed by atoms with Crippen LogP contribution >= 0.6 is 0 Å². The zero-order valence-corrected chi connectivity index (χ0v) is 19.4. The molecule has 33 heavy (non-hydrogen) atoms. The molecule has 4 rings (SSSR count). The summed E-state index contributed by atoms with van der Waals surface area (Å²) in [6.45, 7) is 0.227. The molecule has 0 radical (unpaired) electrons. The van der Waals surface area contributed by atoms with Gasteiger partial charge in [0.05, 0.1) is 30.5 Å². The standard InChI is InChI=1S/C25H24N2O5S/c1-30-21-14-22(31-2)16-23(15-21)32-17-19-13-25(18-7-5-4-6-8-18)27(26-19)20-9-11-24(12-10-20)33(3,28)29/h4-16H,17H2,1-3H3. The third-order valence-electron chi connectivity index (χ3n) is 5.05. The molecule has 170 valence electrons. The fraction of sp³-hybridized carbons (Fsp3) is 0.160. The van der Waals surface area contributed by atoms with E-state index >= 15 is 0 Å². The lowest BCUT2D eigenvalue weighted by atomic mass is 10.1. The van der Waals surface area contributed by atoms with Crippen molar-refractivity contribution in [2.24, 2.45) is 0 Å². The van der Waals surface area contributed by atoms with Crippen LogP contribution in [0, 0.1) is 0 Å². The van der Waals surface area contributed by atoms with E-state index in [1.165, 1.54) is 6.26 Å². The molecule has 0 saturated carbocycles. The van der Waals surface area contributed by atoms with Gasteiger partial charge in [0.1, 0.15) is 29.5 Å². The maximum atomic E-state index is 11.8. The van der Waals surface area contributed by atoms with Crippen molar-refractivity contribution in [3.8, 4) is 34.2 Å². The molecule has 0 fully saturated rings. The minimum Gasteiger partial charge on any atom is -0.496 e. The van der Waals surface area contributed by atoms with Crippen LogP contribution in [-0.2, 0) is 16.4 Å². The lowest BCUT2D eigenvalue weighted by molar-refractivity contribution is 0.295. The monoisotopic (exact) mass is 464 g/mol. The Hall–Kier alpha value is -3.78. The Morgan fingerprint density at radius 1 is 0.818 bits per heavy atom. The molecular formula is C25H24N2O5S. The summed E-state index contributed by atoms with van der Waals surface area (Å²) in [4.78, 5) is 0.259. The van der Waals surface area contributed by atoms with Crippen molar-refractivity contribution >= 4 is 9.84 Å². The van der Waals surface area contributed by atoms with Gasteiger partial charge in [-0.25, -0.2) is 13.1 Å². The van der Waals surface area contributed by atoms with Gasteiger partial charge in [-0.1, -0.05) is 30.3 Å². The molecule has 4 aromatic rings. The minimum absolute atomic E-state index is 0.227. The molecule has 0 amide bonds. The van der Waals surface area contributed by atoms with Crippen molar-refractivity contribution in [2.75, 3.05) is 20.5 Å². The van der Waals surface area contributed by atoms with Gasteiger partial charge in [-0.3, -0.25) is 0 Å². The first kappa shape index (κ1) is 22.4. The van der Waals surface area contributed by atoms with Gasteiger partial charge in [-0.05, 0) is 30.3 Å². The number of hydrogen-bond acceptors (Lipinski definition) is 6. The van der Waals surface area contributed by atoms with Crippen molar-refractivity contribution in [3.63, 3.8) is 0 Å². The summed E-state index contributed by atoms with van der Waals surface area (Å²) in [6, 6.07) is 23.8. The zero-order valence-electron chi connectivity index (χ0n) is 18.6. The van der Waals surface area contributed by atoms with Crippen LogP contribution in [0.3, 0.4) is 0 Å². The van der Waals surface area contributed by atoms with Crippen LogP contribution in [0.1, 0.15) is 5.69 Å². The molecule has 0 atom stereocenters. The molecule has 8 heteroatoms. The highest BCUT2D eigenvalue weighted by molar-refractivity contribution is 7.90. The summed E-state index contributed by atoms with van der Waals surface area (Å²) < 4.78 is 42.0. The van der Waals surface area contributed by atoms with Crippen molar-refractivity contribution in [3.05, 3.63) is 84.6 Å². The number of benzene rings is 3. The van der Waals surface area contributed by atoms with Crippen molar-refractivity contribution in [2.45, 2.75) is 11.5 Å². The van der Waals surface area contributed by atoms with Gasteiger partial charge in [0.15, 0.2) is 9.84 Å². The summed E-state index contributed by atoms with van der Waals surface area (Å²) in [5, 5.41) is 4.73. The summed E-state index contributed by atoms with van der Waals surface area (Å²) in [5.74, 6) is 1.86. The molecule has 0 saturated heterocycles. The number of ether oxygens (including phenoxy) is 3. The van der Waals surface area contributed by atoms with Crippen LogP contribution in [0.5, 0.6) is 17.2 Å². The molecule has 3 aromatic carbocycles. The summed E-state index contributed by atoms with van der Waals surface area (Å²) in [6.07, 6.45) is 1.19. The average molecular weight is 465 g/mol. The lowest BCUT2D eigenvalue weighted by Gasteiger charge is -2.09. The molecular weight excluding hydrogens is 440 g/mol. The number of aromatic nitrogens is 2. The van der Waals surface area contributed by atoms with Gasteiger partial charge in [-0.2, -0.15) is 5.10 Å². The van der Waals surface area contributed by atoms with E-state index in [9.17, 15) is 8.42 Å². The summed E-state index contributed by atoms with van der Waals surface area (Å²) in [7, 11) is -0.110. The SMILES string of the molecule is COc1cc(OC)cc(OCc2cc(-c3ccccc3)n(-c3ccc(S(C)(=O)=O)cc3)n2)c1. The first-order valence-electron chi connectivity index (χ1n) is 10.2. The fourth-order valence-corrected chi connectivity index (χ4v) is 4.00. The Bertz CT molecular complexity index is 1330. The Labute approximate surface area is 193 Å². The van der Waals surface area contributed by atoms with Crippen LogP contribution in [0.25, 0.3) is 16.9 Å². The van der Waals surface area contributed by atoms with Crippen LogP contribution in [0.15, 0.2) is 83.8 Å². The van der Waals surface area contributed by atoms with Crippen molar-refractivity contribution in [1.82, 2.24) is 9.78 Å². The fourth-order valence-electron chi connectivity index (χ4n) is 3.37. The average Bonchev–Trinajstić information content (AvgIpc) is 3.27. The van der Waals surface area contributed by atoms with Gasteiger partial charge in [-0.15, -0.1) is 0 Å². The minimum atomic E-state index is -3.28.